The molecule has 2 aromatic carbocycles. The molecule has 1 N–H and O–H groups in total. The molecule has 4 heteroatoms. The molecule has 2 atom stereocenters. The number of hydrogen-bond donors (Lipinski definition) is 1. The van der Waals surface area contributed by atoms with Gasteiger partial charge in [-0.25, -0.2) is 0 Å². The van der Waals surface area contributed by atoms with Gasteiger partial charge in [0, 0.05) is 37.3 Å². The highest BCUT2D eigenvalue weighted by Gasteiger charge is 2.29. The van der Waals surface area contributed by atoms with Gasteiger partial charge in [-0.2, -0.15) is 0 Å². The summed E-state index contributed by atoms with van der Waals surface area (Å²) in [6, 6.07) is 14.3. The standard InChI is InChI=1S/C19H24N2O.ClH/c1-22-19-9-6-14-4-2-3-5-17(14)18(19)13-21-11-10-15-7-8-16(12-21)20-15;/h2-6,9,15-16,20H,7-8,10-13H2,1H3;1H. The Bertz CT molecular complexity index is 675. The van der Waals surface area contributed by atoms with Crippen LogP contribution in [0.25, 0.3) is 10.8 Å². The molecule has 2 heterocycles. The Morgan fingerprint density at radius 1 is 1.09 bits per heavy atom. The first-order chi connectivity index (χ1) is 10.8. The molecular formula is C19H25ClN2O. The van der Waals surface area contributed by atoms with Gasteiger partial charge in [0.15, 0.2) is 0 Å². The maximum Gasteiger partial charge on any atom is 0.123 e. The van der Waals surface area contributed by atoms with Crippen LogP contribution < -0.4 is 10.1 Å². The third-order valence-electron chi connectivity index (χ3n) is 5.21. The van der Waals surface area contributed by atoms with Crippen LogP contribution >= 0.6 is 12.4 Å². The molecule has 2 aliphatic heterocycles. The van der Waals surface area contributed by atoms with Crippen LogP contribution in [0.5, 0.6) is 5.75 Å². The van der Waals surface area contributed by atoms with E-state index in [1.807, 2.05) is 0 Å². The van der Waals surface area contributed by atoms with Crippen molar-refractivity contribution < 1.29 is 4.74 Å². The number of benzene rings is 2. The van der Waals surface area contributed by atoms with Crippen molar-refractivity contribution in [3.63, 3.8) is 0 Å². The van der Waals surface area contributed by atoms with E-state index >= 15 is 0 Å². The minimum absolute atomic E-state index is 0. The van der Waals surface area contributed by atoms with Gasteiger partial charge < -0.3 is 10.1 Å². The summed E-state index contributed by atoms with van der Waals surface area (Å²) in [5.41, 5.74) is 1.33. The van der Waals surface area contributed by atoms with E-state index in [1.165, 1.54) is 42.1 Å². The second kappa shape index (κ2) is 7.08. The predicted molar refractivity (Wildman–Crippen MR) is 97.6 cm³/mol. The Kier molecular flexibility index (Phi) is 5.10. The summed E-state index contributed by atoms with van der Waals surface area (Å²) in [7, 11) is 1.78. The highest BCUT2D eigenvalue weighted by molar-refractivity contribution is 5.87. The maximum atomic E-state index is 5.65. The molecule has 0 spiro atoms. The lowest BCUT2D eigenvalue weighted by Gasteiger charge is -2.25. The van der Waals surface area contributed by atoms with Crippen molar-refractivity contribution in [3.8, 4) is 5.75 Å². The van der Waals surface area contributed by atoms with Crippen LogP contribution in [0.3, 0.4) is 0 Å². The maximum absolute atomic E-state index is 5.65. The lowest BCUT2D eigenvalue weighted by molar-refractivity contribution is 0.248. The molecule has 0 saturated carbocycles. The van der Waals surface area contributed by atoms with Gasteiger partial charge in [0.1, 0.15) is 5.75 Å². The molecule has 0 aromatic heterocycles. The first-order valence-corrected chi connectivity index (χ1v) is 8.36. The van der Waals surface area contributed by atoms with Crippen molar-refractivity contribution >= 4 is 23.2 Å². The molecule has 124 valence electrons. The number of methoxy groups -OCH3 is 1. The van der Waals surface area contributed by atoms with Crippen molar-refractivity contribution in [1.29, 1.82) is 0 Å². The fraction of sp³-hybridized carbons (Fsp3) is 0.474. The average molecular weight is 333 g/mol. The Balaban J connectivity index is 0.00000156. The van der Waals surface area contributed by atoms with Gasteiger partial charge in [-0.05, 0) is 36.1 Å². The minimum Gasteiger partial charge on any atom is -0.496 e. The minimum atomic E-state index is 0. The Hall–Kier alpha value is -1.29. The quantitative estimate of drug-likeness (QED) is 0.929. The zero-order valence-corrected chi connectivity index (χ0v) is 14.4. The number of nitrogens with zero attached hydrogens (tertiary/aromatic N) is 1. The topological polar surface area (TPSA) is 24.5 Å². The molecule has 0 radical (unpaired) electrons. The largest absolute Gasteiger partial charge is 0.496 e. The molecule has 3 nitrogen and oxygen atoms in total. The van der Waals surface area contributed by atoms with E-state index in [4.69, 9.17) is 4.74 Å². The van der Waals surface area contributed by atoms with Gasteiger partial charge in [-0.1, -0.05) is 30.3 Å². The van der Waals surface area contributed by atoms with E-state index in [0.717, 1.165) is 24.9 Å². The van der Waals surface area contributed by atoms with E-state index in [2.05, 4.69) is 46.6 Å². The predicted octanol–water partition coefficient (Wildman–Crippen LogP) is 3.60. The lowest BCUT2D eigenvalue weighted by atomic mass is 10.0. The van der Waals surface area contributed by atoms with Gasteiger partial charge in [0.2, 0.25) is 0 Å². The van der Waals surface area contributed by atoms with Gasteiger partial charge in [0.05, 0.1) is 7.11 Å². The first kappa shape index (κ1) is 16.6. The van der Waals surface area contributed by atoms with Crippen LogP contribution in [0.15, 0.2) is 36.4 Å². The average Bonchev–Trinajstić information content (AvgIpc) is 2.89. The van der Waals surface area contributed by atoms with Crippen molar-refractivity contribution in [3.05, 3.63) is 42.0 Å². The molecule has 2 saturated heterocycles. The SMILES string of the molecule is COc1ccc2ccccc2c1CN1CCC2CCC(C1)N2.Cl. The van der Waals surface area contributed by atoms with Crippen LogP contribution in [0, 0.1) is 0 Å². The summed E-state index contributed by atoms with van der Waals surface area (Å²) >= 11 is 0. The van der Waals surface area contributed by atoms with E-state index < -0.39 is 0 Å². The molecule has 2 aliphatic rings. The third kappa shape index (κ3) is 3.32. The zero-order chi connectivity index (χ0) is 14.9. The molecular weight excluding hydrogens is 308 g/mol. The smallest absolute Gasteiger partial charge is 0.123 e. The Morgan fingerprint density at radius 3 is 2.78 bits per heavy atom. The molecule has 2 aromatic rings. The fourth-order valence-electron chi connectivity index (χ4n) is 4.05. The van der Waals surface area contributed by atoms with Crippen LogP contribution in [0.1, 0.15) is 24.8 Å². The molecule has 2 unspecified atom stereocenters. The lowest BCUT2D eigenvalue weighted by Crippen LogP contribution is -2.35. The Morgan fingerprint density at radius 2 is 1.91 bits per heavy atom. The normalized spacial score (nSPS) is 24.2. The molecule has 2 fully saturated rings. The highest BCUT2D eigenvalue weighted by Crippen LogP contribution is 2.30. The van der Waals surface area contributed by atoms with Crippen LogP contribution in [-0.2, 0) is 6.54 Å². The van der Waals surface area contributed by atoms with Crippen molar-refractivity contribution in [2.24, 2.45) is 0 Å². The first-order valence-electron chi connectivity index (χ1n) is 8.36. The summed E-state index contributed by atoms with van der Waals surface area (Å²) in [6.45, 7) is 3.32. The van der Waals surface area contributed by atoms with E-state index in [0.29, 0.717) is 6.04 Å². The number of halogens is 1. The summed E-state index contributed by atoms with van der Waals surface area (Å²) in [4.78, 5) is 2.60. The van der Waals surface area contributed by atoms with Gasteiger partial charge in [-0.3, -0.25) is 4.90 Å². The van der Waals surface area contributed by atoms with Crippen LogP contribution in [-0.4, -0.2) is 37.2 Å². The van der Waals surface area contributed by atoms with Crippen molar-refractivity contribution in [2.45, 2.75) is 37.9 Å². The summed E-state index contributed by atoms with van der Waals surface area (Å²) in [5, 5.41) is 6.38. The summed E-state index contributed by atoms with van der Waals surface area (Å²) in [5.74, 6) is 1.01. The van der Waals surface area contributed by atoms with E-state index in [9.17, 15) is 0 Å². The van der Waals surface area contributed by atoms with Crippen molar-refractivity contribution in [2.75, 3.05) is 20.2 Å². The molecule has 0 amide bonds. The summed E-state index contributed by atoms with van der Waals surface area (Å²) in [6.07, 6.45) is 3.95. The molecule has 23 heavy (non-hydrogen) atoms. The van der Waals surface area contributed by atoms with Crippen molar-refractivity contribution in [1.82, 2.24) is 10.2 Å². The second-order valence-electron chi connectivity index (χ2n) is 6.63. The number of likely N-dealkylation sites (tertiary alicyclic amines) is 1. The van der Waals surface area contributed by atoms with Gasteiger partial charge >= 0.3 is 0 Å². The number of nitrogens with one attached hydrogen (secondary N) is 1. The van der Waals surface area contributed by atoms with Crippen LogP contribution in [0.4, 0.5) is 0 Å². The molecule has 2 bridgehead atoms. The van der Waals surface area contributed by atoms with E-state index in [-0.39, 0.29) is 12.4 Å². The van der Waals surface area contributed by atoms with Gasteiger partial charge in [0.25, 0.3) is 0 Å². The number of rotatable bonds is 3. The summed E-state index contributed by atoms with van der Waals surface area (Å²) < 4.78 is 5.65. The number of ether oxygens (including phenoxy) is 1. The highest BCUT2D eigenvalue weighted by atomic mass is 35.5. The monoisotopic (exact) mass is 332 g/mol. The number of hydrogen-bond acceptors (Lipinski definition) is 3. The molecule has 0 aliphatic carbocycles. The van der Waals surface area contributed by atoms with Crippen LogP contribution in [0.2, 0.25) is 0 Å². The van der Waals surface area contributed by atoms with Gasteiger partial charge in [-0.15, -0.1) is 12.4 Å². The van der Waals surface area contributed by atoms with E-state index in [1.54, 1.807) is 7.11 Å². The fourth-order valence-corrected chi connectivity index (χ4v) is 4.05. The third-order valence-corrected chi connectivity index (χ3v) is 5.21. The number of fused-ring (bicyclic) bond motifs is 3. The molecule has 4 rings (SSSR count). The Labute approximate surface area is 144 Å². The second-order valence-corrected chi connectivity index (χ2v) is 6.63. The zero-order valence-electron chi connectivity index (χ0n) is 13.6.